The topological polar surface area (TPSA) is 46.3 Å². The van der Waals surface area contributed by atoms with Crippen molar-refractivity contribution in [3.63, 3.8) is 0 Å². The first-order chi connectivity index (χ1) is 9.45. The van der Waals surface area contributed by atoms with Gasteiger partial charge in [0, 0.05) is 19.1 Å². The molecule has 21 heavy (non-hydrogen) atoms. The number of hydrogen-bond acceptors (Lipinski definition) is 2. The van der Waals surface area contributed by atoms with Crippen molar-refractivity contribution < 1.29 is 13.6 Å². The molecule has 0 aromatic heterocycles. The van der Waals surface area contributed by atoms with Crippen molar-refractivity contribution >= 4 is 29.9 Å². The van der Waals surface area contributed by atoms with E-state index in [9.17, 15) is 13.6 Å². The summed E-state index contributed by atoms with van der Waals surface area (Å²) in [5.74, 6) is -1.89. The Bertz CT molecular complexity index is 528. The summed E-state index contributed by atoms with van der Waals surface area (Å²) >= 11 is 5.50. The van der Waals surface area contributed by atoms with Gasteiger partial charge in [0.05, 0.1) is 10.6 Å². The Labute approximate surface area is 133 Å². The van der Waals surface area contributed by atoms with Crippen molar-refractivity contribution in [1.29, 1.82) is 0 Å². The van der Waals surface area contributed by atoms with Crippen molar-refractivity contribution in [2.24, 2.45) is 11.7 Å². The molecular formula is C14H18Cl2F2N2O. The number of carbonyl (C=O) groups excluding carboxylic acids is 1. The molecule has 0 bridgehead atoms. The van der Waals surface area contributed by atoms with E-state index in [2.05, 4.69) is 0 Å². The third kappa shape index (κ3) is 3.65. The van der Waals surface area contributed by atoms with Crippen molar-refractivity contribution in [1.82, 2.24) is 4.90 Å². The molecule has 1 aromatic carbocycles. The fraction of sp³-hybridized carbons (Fsp3) is 0.500. The lowest BCUT2D eigenvalue weighted by molar-refractivity contribution is 0.0527. The molecule has 1 aliphatic rings. The Balaban J connectivity index is 0.00000220. The van der Waals surface area contributed by atoms with Gasteiger partial charge in [-0.05, 0) is 30.9 Å². The third-order valence-corrected chi connectivity index (χ3v) is 4.15. The van der Waals surface area contributed by atoms with Crippen LogP contribution in [-0.2, 0) is 0 Å². The van der Waals surface area contributed by atoms with Crippen LogP contribution in [0.3, 0.4) is 0 Å². The second-order valence-electron chi connectivity index (χ2n) is 5.17. The highest BCUT2D eigenvalue weighted by atomic mass is 35.5. The van der Waals surface area contributed by atoms with E-state index in [-0.39, 0.29) is 35.0 Å². The Morgan fingerprint density at radius 1 is 1.43 bits per heavy atom. The molecular weight excluding hydrogens is 321 g/mol. The number of nitrogens with zero attached hydrogens (tertiary/aromatic N) is 1. The summed E-state index contributed by atoms with van der Waals surface area (Å²) in [5, 5.41) is -0.332. The summed E-state index contributed by atoms with van der Waals surface area (Å²) < 4.78 is 27.3. The number of carbonyl (C=O) groups is 1. The Morgan fingerprint density at radius 2 is 2.10 bits per heavy atom. The molecule has 3 nitrogen and oxygen atoms in total. The maximum absolute atomic E-state index is 13.8. The fourth-order valence-electron chi connectivity index (χ4n) is 2.70. The van der Waals surface area contributed by atoms with E-state index in [1.54, 1.807) is 4.90 Å². The standard InChI is InChI=1S/C14H17ClF2N2O.ClH/c1-8-3-2-4-19(13(8)7-18)14(20)9-5-12(17)10(15)6-11(9)16;/h5-6,8,13H,2-4,7,18H2,1H3;1H. The molecule has 2 N–H and O–H groups in total. The van der Waals surface area contributed by atoms with Crippen LogP contribution in [0.15, 0.2) is 12.1 Å². The number of nitrogens with two attached hydrogens (primary N) is 1. The van der Waals surface area contributed by atoms with Crippen LogP contribution in [-0.4, -0.2) is 29.9 Å². The number of likely N-dealkylation sites (tertiary alicyclic amines) is 1. The number of hydrogen-bond donors (Lipinski definition) is 1. The minimum Gasteiger partial charge on any atom is -0.334 e. The highest BCUT2D eigenvalue weighted by Gasteiger charge is 2.32. The maximum Gasteiger partial charge on any atom is 0.257 e. The molecule has 1 amide bonds. The number of amides is 1. The van der Waals surface area contributed by atoms with E-state index in [0.717, 1.165) is 25.0 Å². The van der Waals surface area contributed by atoms with Crippen LogP contribution in [0.25, 0.3) is 0 Å². The minimum absolute atomic E-state index is 0. The van der Waals surface area contributed by atoms with Gasteiger partial charge in [-0.2, -0.15) is 0 Å². The first kappa shape index (κ1) is 18.1. The van der Waals surface area contributed by atoms with E-state index >= 15 is 0 Å². The molecule has 0 radical (unpaired) electrons. The lowest BCUT2D eigenvalue weighted by atomic mass is 9.90. The minimum atomic E-state index is -0.810. The number of halogens is 4. The van der Waals surface area contributed by atoms with E-state index in [1.165, 1.54) is 0 Å². The van der Waals surface area contributed by atoms with Crippen molar-refractivity contribution in [2.75, 3.05) is 13.1 Å². The largest absolute Gasteiger partial charge is 0.334 e. The van der Waals surface area contributed by atoms with Gasteiger partial charge < -0.3 is 10.6 Å². The summed E-state index contributed by atoms with van der Waals surface area (Å²) in [4.78, 5) is 14.0. The van der Waals surface area contributed by atoms with Gasteiger partial charge in [0.25, 0.3) is 5.91 Å². The molecule has 2 unspecified atom stereocenters. The summed E-state index contributed by atoms with van der Waals surface area (Å²) in [6.07, 6.45) is 1.81. The van der Waals surface area contributed by atoms with Crippen LogP contribution in [0.5, 0.6) is 0 Å². The summed E-state index contributed by atoms with van der Waals surface area (Å²) in [6.45, 7) is 2.83. The normalized spacial score (nSPS) is 21.9. The SMILES string of the molecule is CC1CCCN(C(=O)c2cc(F)c(Cl)cc2F)C1CN.Cl. The molecule has 2 rings (SSSR count). The third-order valence-electron chi connectivity index (χ3n) is 3.86. The van der Waals surface area contributed by atoms with Crippen LogP contribution >= 0.6 is 24.0 Å². The zero-order valence-corrected chi connectivity index (χ0v) is 13.2. The molecule has 7 heteroatoms. The zero-order chi connectivity index (χ0) is 14.9. The number of piperidine rings is 1. The summed E-state index contributed by atoms with van der Waals surface area (Å²) in [5.41, 5.74) is 5.42. The molecule has 1 heterocycles. The molecule has 0 saturated carbocycles. The molecule has 2 atom stereocenters. The average molecular weight is 339 g/mol. The summed E-state index contributed by atoms with van der Waals surface area (Å²) in [6, 6.07) is 1.54. The van der Waals surface area contributed by atoms with Gasteiger partial charge >= 0.3 is 0 Å². The molecule has 1 fully saturated rings. The van der Waals surface area contributed by atoms with Crippen LogP contribution in [0.2, 0.25) is 5.02 Å². The zero-order valence-electron chi connectivity index (χ0n) is 11.6. The lowest BCUT2D eigenvalue weighted by Crippen LogP contribution is -2.51. The first-order valence-electron chi connectivity index (χ1n) is 6.61. The van der Waals surface area contributed by atoms with Crippen molar-refractivity contribution in [2.45, 2.75) is 25.8 Å². The first-order valence-corrected chi connectivity index (χ1v) is 6.99. The van der Waals surface area contributed by atoms with Gasteiger partial charge in [0.2, 0.25) is 0 Å². The van der Waals surface area contributed by atoms with Crippen molar-refractivity contribution in [3.05, 3.63) is 34.4 Å². The molecule has 0 aliphatic carbocycles. The van der Waals surface area contributed by atoms with E-state index in [1.807, 2.05) is 6.92 Å². The Hall–Kier alpha value is -0.910. The second-order valence-corrected chi connectivity index (χ2v) is 5.57. The van der Waals surface area contributed by atoms with E-state index in [0.29, 0.717) is 13.1 Å². The van der Waals surface area contributed by atoms with Gasteiger partial charge in [-0.3, -0.25) is 4.79 Å². The van der Waals surface area contributed by atoms with Crippen LogP contribution < -0.4 is 5.73 Å². The van der Waals surface area contributed by atoms with Gasteiger partial charge in [-0.1, -0.05) is 18.5 Å². The molecule has 1 aliphatic heterocycles. The summed E-state index contributed by atoms with van der Waals surface area (Å²) in [7, 11) is 0. The molecule has 1 saturated heterocycles. The maximum atomic E-state index is 13.8. The second kappa shape index (κ2) is 7.38. The van der Waals surface area contributed by atoms with Crippen LogP contribution in [0.1, 0.15) is 30.1 Å². The number of benzene rings is 1. The van der Waals surface area contributed by atoms with E-state index in [4.69, 9.17) is 17.3 Å². The Kier molecular flexibility index (Phi) is 6.38. The number of rotatable bonds is 2. The van der Waals surface area contributed by atoms with Gasteiger partial charge in [-0.25, -0.2) is 8.78 Å². The van der Waals surface area contributed by atoms with Crippen LogP contribution in [0, 0.1) is 17.6 Å². The van der Waals surface area contributed by atoms with Gasteiger partial charge in [0.1, 0.15) is 11.6 Å². The highest BCUT2D eigenvalue weighted by Crippen LogP contribution is 2.26. The fourth-order valence-corrected chi connectivity index (χ4v) is 2.85. The molecule has 118 valence electrons. The average Bonchev–Trinajstić information content (AvgIpc) is 2.41. The van der Waals surface area contributed by atoms with Crippen molar-refractivity contribution in [3.8, 4) is 0 Å². The molecule has 0 spiro atoms. The smallest absolute Gasteiger partial charge is 0.257 e. The van der Waals surface area contributed by atoms with E-state index < -0.39 is 17.5 Å². The monoisotopic (exact) mass is 338 g/mol. The van der Waals surface area contributed by atoms with Crippen LogP contribution in [0.4, 0.5) is 8.78 Å². The quantitative estimate of drug-likeness (QED) is 0.841. The Morgan fingerprint density at radius 3 is 2.71 bits per heavy atom. The molecule has 1 aromatic rings. The van der Waals surface area contributed by atoms with Gasteiger partial charge in [0.15, 0.2) is 0 Å². The predicted molar refractivity (Wildman–Crippen MR) is 80.9 cm³/mol. The van der Waals surface area contributed by atoms with Gasteiger partial charge in [-0.15, -0.1) is 12.4 Å². The lowest BCUT2D eigenvalue weighted by Gasteiger charge is -2.39. The predicted octanol–water partition coefficient (Wildman–Crippen LogP) is 3.24. The highest BCUT2D eigenvalue weighted by molar-refractivity contribution is 6.30.